The van der Waals surface area contributed by atoms with Crippen LogP contribution in [0.25, 0.3) is 122 Å². The van der Waals surface area contributed by atoms with Crippen molar-refractivity contribution in [3.8, 4) is 56.4 Å². The average Bonchev–Trinajstić information content (AvgIpc) is 4.07. The maximum atomic E-state index is 6.43. The monoisotopic (exact) mass is 844 g/mol. The van der Waals surface area contributed by atoms with Gasteiger partial charge in [0.2, 0.25) is 0 Å². The summed E-state index contributed by atoms with van der Waals surface area (Å²) < 4.78 is 11.3. The first-order valence-corrected chi connectivity index (χ1v) is 22.6. The number of para-hydroxylation sites is 3. The van der Waals surface area contributed by atoms with Gasteiger partial charge in [-0.2, -0.15) is 0 Å². The number of nitrogens with zero attached hydrogens (tertiary/aromatic N) is 4. The van der Waals surface area contributed by atoms with E-state index in [2.05, 4.69) is 211 Å². The van der Waals surface area contributed by atoms with Crippen LogP contribution in [-0.4, -0.2) is 19.1 Å². The van der Waals surface area contributed by atoms with Gasteiger partial charge in [-0.25, -0.2) is 9.97 Å². The molecular weight excluding hydrogens is 805 g/mol. The van der Waals surface area contributed by atoms with Crippen LogP contribution < -0.4 is 0 Å². The van der Waals surface area contributed by atoms with Crippen LogP contribution in [0.5, 0.6) is 0 Å². The standard InChI is InChI=1S/C61H40N4O/c1-61(2)50-34-57-48(32-44(50)45-33-49-43-23-13-15-25-58(43)66-59(49)35-51(45)61)42-22-12-14-24-54(42)65(57)41-27-29-56-47(31-41)46-30-39(26-28-55(46)64(56)40-20-10-5-11-21-40)60-62-52(37-16-6-3-7-17-37)36-53(63-60)38-18-8-4-9-19-38/h3-36H,1-2H3. The van der Waals surface area contributed by atoms with Gasteiger partial charge in [-0.15, -0.1) is 0 Å². The summed E-state index contributed by atoms with van der Waals surface area (Å²) in [6.45, 7) is 4.71. The lowest BCUT2D eigenvalue weighted by Crippen LogP contribution is -2.15. The quantitative estimate of drug-likeness (QED) is 0.173. The Labute approximate surface area is 380 Å². The van der Waals surface area contributed by atoms with E-state index in [0.29, 0.717) is 5.82 Å². The third-order valence-corrected chi connectivity index (χ3v) is 14.1. The van der Waals surface area contributed by atoms with E-state index in [9.17, 15) is 0 Å². The molecule has 0 amide bonds. The second kappa shape index (κ2) is 13.7. The second-order valence-electron chi connectivity index (χ2n) is 18.2. The van der Waals surface area contributed by atoms with E-state index >= 15 is 0 Å². The van der Waals surface area contributed by atoms with Gasteiger partial charge in [-0.05, 0) is 113 Å². The Morgan fingerprint density at radius 1 is 0.364 bits per heavy atom. The van der Waals surface area contributed by atoms with E-state index in [0.717, 1.165) is 83.2 Å². The van der Waals surface area contributed by atoms with Crippen molar-refractivity contribution in [2.45, 2.75) is 19.3 Å². The molecular formula is C61H40N4O. The fourth-order valence-corrected chi connectivity index (χ4v) is 10.9. The Kier molecular flexibility index (Phi) is 7.68. The summed E-state index contributed by atoms with van der Waals surface area (Å²) in [5.41, 5.74) is 18.5. The van der Waals surface area contributed by atoms with Gasteiger partial charge in [-0.1, -0.05) is 129 Å². The molecule has 0 saturated carbocycles. The van der Waals surface area contributed by atoms with Crippen LogP contribution in [-0.2, 0) is 5.41 Å². The van der Waals surface area contributed by atoms with E-state index < -0.39 is 0 Å². The molecule has 13 aromatic rings. The van der Waals surface area contributed by atoms with Crippen LogP contribution >= 0.6 is 0 Å². The minimum Gasteiger partial charge on any atom is -0.456 e. The fourth-order valence-electron chi connectivity index (χ4n) is 10.9. The summed E-state index contributed by atoms with van der Waals surface area (Å²) in [5, 5.41) is 7.08. The van der Waals surface area contributed by atoms with Gasteiger partial charge < -0.3 is 13.6 Å². The molecule has 310 valence electrons. The lowest BCUT2D eigenvalue weighted by atomic mass is 9.82. The summed E-state index contributed by atoms with van der Waals surface area (Å²) in [7, 11) is 0. The van der Waals surface area contributed by atoms with E-state index in [-0.39, 0.29) is 5.41 Å². The molecule has 4 aromatic heterocycles. The first kappa shape index (κ1) is 36.9. The molecule has 5 nitrogen and oxygen atoms in total. The van der Waals surface area contributed by atoms with Crippen molar-refractivity contribution in [3.63, 3.8) is 0 Å². The molecule has 0 fully saturated rings. The molecule has 0 aliphatic heterocycles. The Balaban J connectivity index is 0.994. The molecule has 4 heterocycles. The Bertz CT molecular complexity index is 4060. The molecule has 0 unspecified atom stereocenters. The van der Waals surface area contributed by atoms with Gasteiger partial charge >= 0.3 is 0 Å². The van der Waals surface area contributed by atoms with Crippen molar-refractivity contribution < 1.29 is 4.42 Å². The molecule has 9 aromatic carbocycles. The molecule has 0 saturated heterocycles. The molecule has 1 aliphatic carbocycles. The fraction of sp³-hybridized carbons (Fsp3) is 0.0492. The van der Waals surface area contributed by atoms with Gasteiger partial charge in [-0.3, -0.25) is 0 Å². The molecule has 0 atom stereocenters. The molecule has 14 rings (SSSR count). The van der Waals surface area contributed by atoms with Gasteiger partial charge in [0.15, 0.2) is 5.82 Å². The summed E-state index contributed by atoms with van der Waals surface area (Å²) in [5.74, 6) is 0.690. The van der Waals surface area contributed by atoms with Gasteiger partial charge in [0.25, 0.3) is 0 Å². The van der Waals surface area contributed by atoms with Crippen LogP contribution in [0, 0.1) is 0 Å². The van der Waals surface area contributed by atoms with Crippen LogP contribution in [0.4, 0.5) is 0 Å². The largest absolute Gasteiger partial charge is 0.456 e. The minimum absolute atomic E-state index is 0.239. The highest BCUT2D eigenvalue weighted by atomic mass is 16.3. The molecule has 1 aliphatic rings. The van der Waals surface area contributed by atoms with Crippen LogP contribution in [0.15, 0.2) is 211 Å². The number of hydrogen-bond acceptors (Lipinski definition) is 3. The van der Waals surface area contributed by atoms with Crippen molar-refractivity contribution in [3.05, 3.63) is 217 Å². The summed E-state index contributed by atoms with van der Waals surface area (Å²) in [4.78, 5) is 10.5. The Morgan fingerprint density at radius 2 is 0.909 bits per heavy atom. The third kappa shape index (κ3) is 5.34. The first-order valence-electron chi connectivity index (χ1n) is 22.6. The number of benzene rings is 9. The number of aromatic nitrogens is 4. The predicted molar refractivity (Wildman–Crippen MR) is 272 cm³/mol. The highest BCUT2D eigenvalue weighted by Gasteiger charge is 2.37. The van der Waals surface area contributed by atoms with Gasteiger partial charge in [0.1, 0.15) is 11.2 Å². The average molecular weight is 845 g/mol. The van der Waals surface area contributed by atoms with Crippen LogP contribution in [0.1, 0.15) is 25.0 Å². The van der Waals surface area contributed by atoms with Crippen LogP contribution in [0.3, 0.4) is 0 Å². The maximum Gasteiger partial charge on any atom is 0.160 e. The van der Waals surface area contributed by atoms with Gasteiger partial charge in [0, 0.05) is 65.8 Å². The lowest BCUT2D eigenvalue weighted by Gasteiger charge is -2.21. The Morgan fingerprint density at radius 3 is 1.64 bits per heavy atom. The molecule has 0 bridgehead atoms. The highest BCUT2D eigenvalue weighted by Crippen LogP contribution is 2.53. The van der Waals surface area contributed by atoms with Crippen molar-refractivity contribution in [2.24, 2.45) is 0 Å². The molecule has 0 N–H and O–H groups in total. The first-order chi connectivity index (χ1) is 32.5. The van der Waals surface area contributed by atoms with E-state index in [1.807, 2.05) is 18.2 Å². The van der Waals surface area contributed by atoms with Crippen molar-refractivity contribution >= 4 is 65.6 Å². The molecule has 66 heavy (non-hydrogen) atoms. The minimum atomic E-state index is -0.239. The van der Waals surface area contributed by atoms with Crippen molar-refractivity contribution in [1.82, 2.24) is 19.1 Å². The lowest BCUT2D eigenvalue weighted by molar-refractivity contribution is 0.647. The maximum absolute atomic E-state index is 6.43. The smallest absolute Gasteiger partial charge is 0.160 e. The zero-order chi connectivity index (χ0) is 43.7. The van der Waals surface area contributed by atoms with E-state index in [1.54, 1.807) is 0 Å². The number of fused-ring (bicyclic) bond motifs is 12. The van der Waals surface area contributed by atoms with E-state index in [1.165, 1.54) is 44.1 Å². The zero-order valence-electron chi connectivity index (χ0n) is 36.3. The molecule has 0 radical (unpaired) electrons. The predicted octanol–water partition coefficient (Wildman–Crippen LogP) is 15.9. The zero-order valence-corrected chi connectivity index (χ0v) is 36.3. The number of rotatable bonds is 5. The molecule has 5 heteroatoms. The number of furan rings is 1. The van der Waals surface area contributed by atoms with Crippen molar-refractivity contribution in [1.29, 1.82) is 0 Å². The van der Waals surface area contributed by atoms with Crippen molar-refractivity contribution in [2.75, 3.05) is 0 Å². The second-order valence-corrected chi connectivity index (χ2v) is 18.2. The SMILES string of the molecule is CC1(C)c2cc3oc4ccccc4c3cc2-c2cc3c4ccccc4n(-c4ccc5c(c4)c4cc(-c6nc(-c7ccccc7)cc(-c7ccccc7)n6)ccc4n5-c4ccccc4)c3cc21. The van der Waals surface area contributed by atoms with Crippen LogP contribution in [0.2, 0.25) is 0 Å². The topological polar surface area (TPSA) is 48.8 Å². The normalized spacial score (nSPS) is 13.1. The summed E-state index contributed by atoms with van der Waals surface area (Å²) in [6.07, 6.45) is 0. The Hall–Kier alpha value is -8.54. The third-order valence-electron chi connectivity index (χ3n) is 14.1. The van der Waals surface area contributed by atoms with Gasteiger partial charge in [0.05, 0.1) is 33.5 Å². The molecule has 0 spiro atoms. The number of hydrogen-bond donors (Lipinski definition) is 0. The van der Waals surface area contributed by atoms with E-state index in [4.69, 9.17) is 14.4 Å². The summed E-state index contributed by atoms with van der Waals surface area (Å²) in [6, 6.07) is 74.0. The summed E-state index contributed by atoms with van der Waals surface area (Å²) >= 11 is 0. The highest BCUT2D eigenvalue weighted by molar-refractivity contribution is 6.15.